The number of nitrogens with two attached hydrogens (primary N) is 1. The molecule has 1 rings (SSSR count). The van der Waals surface area contributed by atoms with Crippen LogP contribution in [0.15, 0.2) is 18.2 Å². The van der Waals surface area contributed by atoms with Crippen LogP contribution in [0.1, 0.15) is 25.0 Å². The monoisotopic (exact) mass is 234 g/mol. The van der Waals surface area contributed by atoms with Crippen LogP contribution < -0.4 is 10.6 Å². The van der Waals surface area contributed by atoms with Crippen molar-refractivity contribution in [1.82, 2.24) is 0 Å². The van der Waals surface area contributed by atoms with Gasteiger partial charge in [0.25, 0.3) is 0 Å². The third-order valence-electron chi connectivity index (χ3n) is 2.88. The largest absolute Gasteiger partial charge is 0.330 e. The second kappa shape index (κ2) is 5.82. The zero-order chi connectivity index (χ0) is 13.0. The maximum Gasteiger partial charge on any atom is 0.231 e. The zero-order valence-corrected chi connectivity index (χ0v) is 11.2. The molecule has 94 valence electrons. The molecule has 0 spiro atoms. The van der Waals surface area contributed by atoms with Gasteiger partial charge in [0, 0.05) is 24.7 Å². The number of benzene rings is 1. The number of rotatable bonds is 4. The van der Waals surface area contributed by atoms with Gasteiger partial charge < -0.3 is 10.6 Å². The summed E-state index contributed by atoms with van der Waals surface area (Å²) in [5.74, 6) is -0.0317. The van der Waals surface area contributed by atoms with Crippen molar-refractivity contribution >= 4 is 11.6 Å². The van der Waals surface area contributed by atoms with E-state index in [1.807, 2.05) is 39.8 Å². The maximum atomic E-state index is 12.2. The van der Waals surface area contributed by atoms with Crippen LogP contribution in [-0.4, -0.2) is 19.0 Å². The van der Waals surface area contributed by atoms with Crippen LogP contribution in [0.4, 0.5) is 5.69 Å². The number of carbonyl (C=O) groups excluding carboxylic acids is 1. The van der Waals surface area contributed by atoms with E-state index >= 15 is 0 Å². The van der Waals surface area contributed by atoms with Crippen LogP contribution in [0, 0.1) is 19.8 Å². The SMILES string of the molecule is CCN(C(=O)C(C)CN)c1cc(C)cc(C)c1. The van der Waals surface area contributed by atoms with Crippen molar-refractivity contribution in [2.75, 3.05) is 18.0 Å². The van der Waals surface area contributed by atoms with Gasteiger partial charge in [0.15, 0.2) is 0 Å². The molecule has 0 aliphatic rings. The third kappa shape index (κ3) is 3.30. The minimum atomic E-state index is -0.129. The molecular formula is C14H22N2O. The highest BCUT2D eigenvalue weighted by Gasteiger charge is 2.19. The smallest absolute Gasteiger partial charge is 0.231 e. The Morgan fingerprint density at radius 2 is 1.82 bits per heavy atom. The molecule has 1 unspecified atom stereocenters. The summed E-state index contributed by atoms with van der Waals surface area (Å²) in [6.45, 7) is 9.00. The third-order valence-corrected chi connectivity index (χ3v) is 2.88. The molecule has 3 nitrogen and oxygen atoms in total. The molecule has 0 fully saturated rings. The highest BCUT2D eigenvalue weighted by Crippen LogP contribution is 2.20. The summed E-state index contributed by atoms with van der Waals surface area (Å²) in [4.78, 5) is 14.0. The van der Waals surface area contributed by atoms with Crippen LogP contribution in [0.25, 0.3) is 0 Å². The highest BCUT2D eigenvalue weighted by atomic mass is 16.2. The molecule has 1 amide bonds. The molecule has 0 saturated carbocycles. The van der Waals surface area contributed by atoms with Crippen molar-refractivity contribution in [3.63, 3.8) is 0 Å². The van der Waals surface area contributed by atoms with Crippen molar-refractivity contribution in [3.05, 3.63) is 29.3 Å². The first-order valence-corrected chi connectivity index (χ1v) is 6.09. The summed E-state index contributed by atoms with van der Waals surface area (Å²) in [6, 6.07) is 6.18. The van der Waals surface area contributed by atoms with Crippen LogP contribution in [0.3, 0.4) is 0 Å². The number of hydrogen-bond donors (Lipinski definition) is 1. The van der Waals surface area contributed by atoms with E-state index < -0.39 is 0 Å². The van der Waals surface area contributed by atoms with E-state index in [-0.39, 0.29) is 11.8 Å². The van der Waals surface area contributed by atoms with Gasteiger partial charge in [-0.15, -0.1) is 0 Å². The quantitative estimate of drug-likeness (QED) is 0.868. The lowest BCUT2D eigenvalue weighted by Gasteiger charge is -2.24. The van der Waals surface area contributed by atoms with Crippen molar-refractivity contribution < 1.29 is 4.79 Å². The Kier molecular flexibility index (Phi) is 4.70. The standard InChI is InChI=1S/C14H22N2O/c1-5-16(14(17)12(4)9-15)13-7-10(2)6-11(3)8-13/h6-8,12H,5,9,15H2,1-4H3. The minimum Gasteiger partial charge on any atom is -0.330 e. The number of anilines is 1. The Labute approximate surface area is 104 Å². The molecule has 0 aliphatic carbocycles. The van der Waals surface area contributed by atoms with E-state index in [0.717, 1.165) is 5.69 Å². The summed E-state index contributed by atoms with van der Waals surface area (Å²) in [5.41, 5.74) is 8.87. The van der Waals surface area contributed by atoms with Crippen molar-refractivity contribution in [3.8, 4) is 0 Å². The minimum absolute atomic E-state index is 0.0972. The topological polar surface area (TPSA) is 46.3 Å². The molecule has 0 saturated heterocycles. The molecule has 0 bridgehead atoms. The fourth-order valence-corrected chi connectivity index (χ4v) is 1.94. The zero-order valence-electron chi connectivity index (χ0n) is 11.2. The fourth-order valence-electron chi connectivity index (χ4n) is 1.94. The van der Waals surface area contributed by atoms with Crippen LogP contribution in [0.2, 0.25) is 0 Å². The summed E-state index contributed by atoms with van der Waals surface area (Å²) in [7, 11) is 0. The van der Waals surface area contributed by atoms with Crippen molar-refractivity contribution in [1.29, 1.82) is 0 Å². The van der Waals surface area contributed by atoms with Gasteiger partial charge in [-0.05, 0) is 44.0 Å². The van der Waals surface area contributed by atoms with E-state index in [2.05, 4.69) is 6.07 Å². The number of hydrogen-bond acceptors (Lipinski definition) is 2. The maximum absolute atomic E-state index is 12.2. The lowest BCUT2D eigenvalue weighted by atomic mass is 10.1. The molecule has 1 atom stereocenters. The summed E-state index contributed by atoms with van der Waals surface area (Å²) in [6.07, 6.45) is 0. The molecule has 1 aromatic carbocycles. The van der Waals surface area contributed by atoms with E-state index in [4.69, 9.17) is 5.73 Å². The van der Waals surface area contributed by atoms with Crippen molar-refractivity contribution in [2.24, 2.45) is 11.7 Å². The number of nitrogens with zero attached hydrogens (tertiary/aromatic N) is 1. The number of carbonyl (C=O) groups is 1. The first kappa shape index (κ1) is 13.7. The molecule has 3 heteroatoms. The molecule has 17 heavy (non-hydrogen) atoms. The first-order valence-electron chi connectivity index (χ1n) is 6.09. The summed E-state index contributed by atoms with van der Waals surface area (Å²) < 4.78 is 0. The lowest BCUT2D eigenvalue weighted by molar-refractivity contribution is -0.121. The Balaban J connectivity index is 3.05. The van der Waals surface area contributed by atoms with Crippen LogP contribution >= 0.6 is 0 Å². The van der Waals surface area contributed by atoms with Gasteiger partial charge in [-0.2, -0.15) is 0 Å². The molecular weight excluding hydrogens is 212 g/mol. The Hall–Kier alpha value is -1.35. The van der Waals surface area contributed by atoms with Crippen LogP contribution in [0.5, 0.6) is 0 Å². The Morgan fingerprint density at radius 3 is 2.24 bits per heavy atom. The number of amides is 1. The molecule has 0 radical (unpaired) electrons. The Morgan fingerprint density at radius 1 is 1.29 bits per heavy atom. The van der Waals surface area contributed by atoms with Gasteiger partial charge in [0.05, 0.1) is 0 Å². The normalized spacial score (nSPS) is 12.3. The molecule has 0 aliphatic heterocycles. The average Bonchev–Trinajstić information content (AvgIpc) is 2.27. The fraction of sp³-hybridized carbons (Fsp3) is 0.500. The first-order chi connectivity index (χ1) is 7.99. The van der Waals surface area contributed by atoms with Gasteiger partial charge in [0.1, 0.15) is 0 Å². The van der Waals surface area contributed by atoms with E-state index in [0.29, 0.717) is 13.1 Å². The number of aryl methyl sites for hydroxylation is 2. The molecule has 1 aromatic rings. The summed E-state index contributed by atoms with van der Waals surface area (Å²) >= 11 is 0. The van der Waals surface area contributed by atoms with Gasteiger partial charge in [-0.25, -0.2) is 0 Å². The predicted octanol–water partition coefficient (Wildman–Crippen LogP) is 2.25. The van der Waals surface area contributed by atoms with Gasteiger partial charge >= 0.3 is 0 Å². The van der Waals surface area contributed by atoms with E-state index in [9.17, 15) is 4.79 Å². The second-order valence-electron chi connectivity index (χ2n) is 4.57. The lowest BCUT2D eigenvalue weighted by Crippen LogP contribution is -2.38. The molecule has 2 N–H and O–H groups in total. The van der Waals surface area contributed by atoms with Crippen molar-refractivity contribution in [2.45, 2.75) is 27.7 Å². The van der Waals surface area contributed by atoms with Crippen LogP contribution in [-0.2, 0) is 4.79 Å². The van der Waals surface area contributed by atoms with E-state index in [1.54, 1.807) is 4.90 Å². The Bertz CT molecular complexity index is 381. The second-order valence-corrected chi connectivity index (χ2v) is 4.57. The molecule has 0 aromatic heterocycles. The predicted molar refractivity (Wildman–Crippen MR) is 72.2 cm³/mol. The van der Waals surface area contributed by atoms with Gasteiger partial charge in [-0.1, -0.05) is 13.0 Å². The summed E-state index contributed by atoms with van der Waals surface area (Å²) in [5, 5.41) is 0. The van der Waals surface area contributed by atoms with Gasteiger partial charge in [-0.3, -0.25) is 4.79 Å². The van der Waals surface area contributed by atoms with Gasteiger partial charge in [0.2, 0.25) is 5.91 Å². The van der Waals surface area contributed by atoms with E-state index in [1.165, 1.54) is 11.1 Å². The average molecular weight is 234 g/mol. The highest BCUT2D eigenvalue weighted by molar-refractivity contribution is 5.95. The molecule has 0 heterocycles.